The van der Waals surface area contributed by atoms with E-state index >= 15 is 0 Å². The average Bonchev–Trinajstić information content (AvgIpc) is 2.34. The van der Waals surface area contributed by atoms with Gasteiger partial charge in [-0.2, -0.15) is 5.06 Å². The molecule has 4 nitrogen and oxygen atoms in total. The Morgan fingerprint density at radius 2 is 2.09 bits per heavy atom. The van der Waals surface area contributed by atoms with Crippen molar-refractivity contribution in [2.24, 2.45) is 0 Å². The molecule has 0 saturated heterocycles. The van der Waals surface area contributed by atoms with Gasteiger partial charge in [0.05, 0.1) is 6.54 Å². The summed E-state index contributed by atoms with van der Waals surface area (Å²) in [5, 5.41) is 18.4. The van der Waals surface area contributed by atoms with Crippen molar-refractivity contribution in [2.75, 3.05) is 7.05 Å². The van der Waals surface area contributed by atoms with Gasteiger partial charge in [-0.1, -0.05) is 0 Å². The van der Waals surface area contributed by atoms with Crippen LogP contribution >= 0.6 is 0 Å². The predicted molar refractivity (Wildman–Crippen MR) is 37.9 cm³/mol. The number of furan rings is 1. The van der Waals surface area contributed by atoms with Gasteiger partial charge in [0.15, 0.2) is 0 Å². The molecule has 0 aliphatic carbocycles. The van der Waals surface area contributed by atoms with Crippen molar-refractivity contribution in [1.82, 2.24) is 5.06 Å². The van der Waals surface area contributed by atoms with E-state index in [2.05, 4.69) is 0 Å². The van der Waals surface area contributed by atoms with Crippen LogP contribution in [0.4, 0.5) is 0 Å². The van der Waals surface area contributed by atoms with Crippen LogP contribution in [0.2, 0.25) is 0 Å². The summed E-state index contributed by atoms with van der Waals surface area (Å²) in [5.74, 6) is 1.15. The van der Waals surface area contributed by atoms with Gasteiger partial charge in [-0.3, -0.25) is 0 Å². The molecule has 0 atom stereocenters. The van der Waals surface area contributed by atoms with E-state index in [1.54, 1.807) is 12.1 Å². The summed E-state index contributed by atoms with van der Waals surface area (Å²) in [6, 6.07) is 3.40. The Kier molecular flexibility index (Phi) is 2.64. The van der Waals surface area contributed by atoms with E-state index in [0.29, 0.717) is 18.1 Å². The molecule has 0 aliphatic heterocycles. The van der Waals surface area contributed by atoms with E-state index in [-0.39, 0.29) is 6.61 Å². The minimum absolute atomic E-state index is 0.102. The van der Waals surface area contributed by atoms with Crippen molar-refractivity contribution in [2.45, 2.75) is 13.2 Å². The molecule has 1 heterocycles. The molecule has 0 unspecified atom stereocenters. The molecule has 0 amide bonds. The van der Waals surface area contributed by atoms with Gasteiger partial charge in [-0.05, 0) is 12.1 Å². The van der Waals surface area contributed by atoms with Gasteiger partial charge >= 0.3 is 0 Å². The van der Waals surface area contributed by atoms with E-state index in [1.807, 2.05) is 0 Å². The van der Waals surface area contributed by atoms with E-state index < -0.39 is 0 Å². The van der Waals surface area contributed by atoms with Crippen LogP contribution in [0.25, 0.3) is 0 Å². The summed E-state index contributed by atoms with van der Waals surface area (Å²) in [4.78, 5) is 0. The summed E-state index contributed by atoms with van der Waals surface area (Å²) in [7, 11) is 1.53. The van der Waals surface area contributed by atoms with Crippen LogP contribution in [0.3, 0.4) is 0 Å². The Labute approximate surface area is 64.6 Å². The molecule has 11 heavy (non-hydrogen) atoms. The van der Waals surface area contributed by atoms with Gasteiger partial charge in [-0.15, -0.1) is 0 Å². The second kappa shape index (κ2) is 3.52. The lowest BCUT2D eigenvalue weighted by molar-refractivity contribution is -0.0776. The molecule has 0 fully saturated rings. The quantitative estimate of drug-likeness (QED) is 0.630. The zero-order valence-corrected chi connectivity index (χ0v) is 6.32. The molecular weight excluding hydrogens is 146 g/mol. The van der Waals surface area contributed by atoms with E-state index in [4.69, 9.17) is 14.7 Å². The van der Waals surface area contributed by atoms with Crippen molar-refractivity contribution in [3.63, 3.8) is 0 Å². The zero-order valence-electron chi connectivity index (χ0n) is 6.32. The van der Waals surface area contributed by atoms with Crippen LogP contribution in [0.15, 0.2) is 16.5 Å². The highest BCUT2D eigenvalue weighted by Gasteiger charge is 2.01. The van der Waals surface area contributed by atoms with E-state index in [0.717, 1.165) is 5.06 Å². The van der Waals surface area contributed by atoms with Crippen molar-refractivity contribution >= 4 is 0 Å². The Morgan fingerprint density at radius 3 is 2.55 bits per heavy atom. The third-order valence-electron chi connectivity index (χ3n) is 1.26. The minimum atomic E-state index is -0.102. The largest absolute Gasteiger partial charge is 0.462 e. The number of aliphatic hydroxyl groups excluding tert-OH is 1. The van der Waals surface area contributed by atoms with Crippen LogP contribution < -0.4 is 0 Å². The highest BCUT2D eigenvalue weighted by molar-refractivity contribution is 5.05. The molecular formula is C7H11NO3. The van der Waals surface area contributed by atoms with E-state index in [1.165, 1.54) is 7.05 Å². The molecule has 0 saturated carbocycles. The summed E-state index contributed by atoms with van der Waals surface area (Å²) in [6.07, 6.45) is 0. The van der Waals surface area contributed by atoms with Crippen LogP contribution in [-0.4, -0.2) is 22.4 Å². The third-order valence-corrected chi connectivity index (χ3v) is 1.26. The fraction of sp³-hybridized carbons (Fsp3) is 0.429. The first-order valence-corrected chi connectivity index (χ1v) is 3.31. The van der Waals surface area contributed by atoms with Crippen molar-refractivity contribution in [3.8, 4) is 0 Å². The van der Waals surface area contributed by atoms with Gasteiger partial charge < -0.3 is 14.7 Å². The normalized spacial score (nSPS) is 10.9. The average molecular weight is 157 g/mol. The molecule has 0 aliphatic rings. The van der Waals surface area contributed by atoms with Crippen molar-refractivity contribution in [1.29, 1.82) is 0 Å². The van der Waals surface area contributed by atoms with Crippen molar-refractivity contribution < 1.29 is 14.7 Å². The molecule has 1 rings (SSSR count). The maximum atomic E-state index is 8.80. The molecule has 4 heteroatoms. The molecule has 1 aromatic heterocycles. The number of nitrogens with zero attached hydrogens (tertiary/aromatic N) is 1. The molecule has 62 valence electrons. The first-order valence-electron chi connectivity index (χ1n) is 3.31. The lowest BCUT2D eigenvalue weighted by Gasteiger charge is -2.03. The number of hydroxylamine groups is 2. The zero-order chi connectivity index (χ0) is 8.27. The number of hydrogen-bond acceptors (Lipinski definition) is 4. The highest BCUT2D eigenvalue weighted by atomic mass is 16.5. The maximum absolute atomic E-state index is 8.80. The van der Waals surface area contributed by atoms with Gasteiger partial charge in [0.1, 0.15) is 18.1 Å². The minimum Gasteiger partial charge on any atom is -0.462 e. The SMILES string of the molecule is CN(O)Cc1ccc(CO)o1. The van der Waals surface area contributed by atoms with Gasteiger partial charge in [0.2, 0.25) is 0 Å². The number of aliphatic hydroxyl groups is 1. The lowest BCUT2D eigenvalue weighted by Crippen LogP contribution is -2.10. The highest BCUT2D eigenvalue weighted by Crippen LogP contribution is 2.08. The van der Waals surface area contributed by atoms with Crippen LogP contribution in [-0.2, 0) is 13.2 Å². The summed E-state index contributed by atoms with van der Waals surface area (Å²) in [5.41, 5.74) is 0. The fourth-order valence-electron chi connectivity index (χ4n) is 0.818. The molecule has 0 spiro atoms. The fourth-order valence-corrected chi connectivity index (χ4v) is 0.818. The van der Waals surface area contributed by atoms with Gasteiger partial charge in [-0.25, -0.2) is 0 Å². The smallest absolute Gasteiger partial charge is 0.129 e. The molecule has 1 aromatic rings. The van der Waals surface area contributed by atoms with Crippen molar-refractivity contribution in [3.05, 3.63) is 23.7 Å². The first kappa shape index (κ1) is 8.26. The molecule has 0 aromatic carbocycles. The summed E-state index contributed by atoms with van der Waals surface area (Å²) < 4.78 is 5.09. The monoisotopic (exact) mass is 157 g/mol. The Balaban J connectivity index is 2.58. The van der Waals surface area contributed by atoms with E-state index in [9.17, 15) is 0 Å². The van der Waals surface area contributed by atoms with Gasteiger partial charge in [0, 0.05) is 7.05 Å². The Hall–Kier alpha value is -0.840. The summed E-state index contributed by atoms with van der Waals surface area (Å²) >= 11 is 0. The molecule has 0 bridgehead atoms. The maximum Gasteiger partial charge on any atom is 0.129 e. The third kappa shape index (κ3) is 2.34. The van der Waals surface area contributed by atoms with Crippen LogP contribution in [0, 0.1) is 0 Å². The molecule has 2 N–H and O–H groups in total. The predicted octanol–water partition coefficient (Wildman–Crippen LogP) is 0.593. The van der Waals surface area contributed by atoms with Gasteiger partial charge in [0.25, 0.3) is 0 Å². The Bertz CT molecular complexity index is 219. The lowest BCUT2D eigenvalue weighted by atomic mass is 10.4. The van der Waals surface area contributed by atoms with Crippen LogP contribution in [0.1, 0.15) is 11.5 Å². The first-order chi connectivity index (χ1) is 5.22. The second-order valence-corrected chi connectivity index (χ2v) is 2.34. The topological polar surface area (TPSA) is 56.8 Å². The van der Waals surface area contributed by atoms with Crippen LogP contribution in [0.5, 0.6) is 0 Å². The second-order valence-electron chi connectivity index (χ2n) is 2.34. The number of rotatable bonds is 3. The molecule has 0 radical (unpaired) electrons. The Morgan fingerprint density at radius 1 is 1.45 bits per heavy atom. The number of hydrogen-bond donors (Lipinski definition) is 2. The summed E-state index contributed by atoms with van der Waals surface area (Å²) in [6.45, 7) is 0.231. The standard InChI is InChI=1S/C7H11NO3/c1-8(10)4-6-2-3-7(5-9)11-6/h2-3,9-10H,4-5H2,1H3.